The molecule has 0 aromatic heterocycles. The van der Waals surface area contributed by atoms with E-state index in [0.717, 1.165) is 83.8 Å². The monoisotopic (exact) mass is 764 g/mol. The van der Waals surface area contributed by atoms with E-state index in [2.05, 4.69) is 25.7 Å². The number of rotatable bonds is 43. The molecule has 0 amide bonds. The second kappa shape index (κ2) is 37.4. The van der Waals surface area contributed by atoms with Crippen LogP contribution in [-0.2, 0) is 19.1 Å². The number of esters is 2. The first-order chi connectivity index (χ1) is 26.5. The van der Waals surface area contributed by atoms with Crippen molar-refractivity contribution in [3.63, 3.8) is 0 Å². The number of hydrogen-bond donors (Lipinski definition) is 1. The molecule has 1 rings (SSSR count). The molecule has 6 heteroatoms. The number of nitrogens with zero attached hydrogens (tertiary/aromatic N) is 1. The topological polar surface area (TPSA) is 76.1 Å². The lowest BCUT2D eigenvalue weighted by Gasteiger charge is -2.25. The number of aliphatic hydroxyl groups excluding tert-OH is 1. The molecule has 1 saturated carbocycles. The summed E-state index contributed by atoms with van der Waals surface area (Å²) in [6.45, 7) is 11.0. The van der Waals surface area contributed by atoms with Crippen molar-refractivity contribution in [1.82, 2.24) is 4.90 Å². The van der Waals surface area contributed by atoms with Crippen LogP contribution < -0.4 is 0 Å². The second-order valence-electron chi connectivity index (χ2n) is 17.3. The Bertz CT molecular complexity index is 814. The van der Waals surface area contributed by atoms with Crippen molar-refractivity contribution in [3.8, 4) is 0 Å². The molecule has 1 fully saturated rings. The third-order valence-electron chi connectivity index (χ3n) is 12.1. The van der Waals surface area contributed by atoms with Crippen LogP contribution in [0.4, 0.5) is 0 Å². The van der Waals surface area contributed by atoms with Crippen LogP contribution >= 0.6 is 0 Å². The van der Waals surface area contributed by atoms with Gasteiger partial charge >= 0.3 is 11.9 Å². The van der Waals surface area contributed by atoms with Crippen molar-refractivity contribution in [2.45, 2.75) is 258 Å². The van der Waals surface area contributed by atoms with Gasteiger partial charge in [-0.1, -0.05) is 149 Å². The molecule has 0 aromatic carbocycles. The van der Waals surface area contributed by atoms with E-state index >= 15 is 0 Å². The molecule has 0 radical (unpaired) electrons. The predicted molar refractivity (Wildman–Crippen MR) is 230 cm³/mol. The van der Waals surface area contributed by atoms with Crippen LogP contribution in [0.2, 0.25) is 0 Å². The third kappa shape index (κ3) is 32.0. The lowest BCUT2D eigenvalue weighted by molar-refractivity contribution is -0.150. The fourth-order valence-electron chi connectivity index (χ4n) is 8.01. The minimum Gasteiger partial charge on any atom is -0.466 e. The van der Waals surface area contributed by atoms with E-state index < -0.39 is 0 Å². The normalized spacial score (nSPS) is 13.6. The maximum Gasteiger partial charge on any atom is 0.306 e. The maximum atomic E-state index is 12.9. The standard InChI is InChI=1S/C48H93NO5/c1-4-7-10-13-16-20-25-34-46(51)53-44-31-22-17-21-28-40-49(41-29-30-43-50)42-39-48(37-38-48)36-27-26-35-47(52)54-45(32-23-18-14-11-8-5-2)33-24-19-15-12-9-6-3/h45,50H,4-44H2,1-3H3. The zero-order chi connectivity index (χ0) is 39.2. The van der Waals surface area contributed by atoms with Crippen LogP contribution in [0.1, 0.15) is 252 Å². The summed E-state index contributed by atoms with van der Waals surface area (Å²) in [4.78, 5) is 27.6. The molecule has 1 aliphatic carbocycles. The van der Waals surface area contributed by atoms with Crippen LogP contribution in [0, 0.1) is 5.41 Å². The molecular weight excluding hydrogens is 671 g/mol. The zero-order valence-corrected chi connectivity index (χ0v) is 36.6. The van der Waals surface area contributed by atoms with Crippen molar-refractivity contribution >= 4 is 11.9 Å². The van der Waals surface area contributed by atoms with E-state index in [1.54, 1.807) is 0 Å². The van der Waals surface area contributed by atoms with Gasteiger partial charge in [-0.05, 0) is 115 Å². The quantitative estimate of drug-likeness (QED) is 0.0492. The first kappa shape index (κ1) is 50.9. The van der Waals surface area contributed by atoms with E-state index in [-0.39, 0.29) is 24.6 Å². The minimum absolute atomic E-state index is 0.0145. The summed E-state index contributed by atoms with van der Waals surface area (Å²) >= 11 is 0. The van der Waals surface area contributed by atoms with Gasteiger partial charge in [0.2, 0.25) is 0 Å². The van der Waals surface area contributed by atoms with Crippen LogP contribution in [0.15, 0.2) is 0 Å². The number of carbonyl (C=O) groups excluding carboxylic acids is 2. The summed E-state index contributed by atoms with van der Waals surface area (Å²) in [6.07, 6.45) is 42.4. The SMILES string of the molecule is CCCCCCCCCC(=O)OCCCCCCCN(CCCCO)CCC1(CCCCC(=O)OC(CCCCCCCC)CCCCCCCC)CC1. The highest BCUT2D eigenvalue weighted by Gasteiger charge is 2.41. The minimum atomic E-state index is -0.0145. The third-order valence-corrected chi connectivity index (χ3v) is 12.1. The average molecular weight is 764 g/mol. The maximum absolute atomic E-state index is 12.9. The Labute approximate surface area is 336 Å². The van der Waals surface area contributed by atoms with Gasteiger partial charge in [0.05, 0.1) is 6.61 Å². The van der Waals surface area contributed by atoms with Gasteiger partial charge in [-0.15, -0.1) is 0 Å². The molecule has 320 valence electrons. The fraction of sp³-hybridized carbons (Fsp3) is 0.958. The summed E-state index contributed by atoms with van der Waals surface area (Å²) in [6, 6.07) is 0. The Balaban J connectivity index is 2.26. The van der Waals surface area contributed by atoms with Crippen molar-refractivity contribution in [2.24, 2.45) is 5.41 Å². The molecule has 0 bridgehead atoms. The molecule has 1 N–H and O–H groups in total. The molecule has 0 atom stereocenters. The van der Waals surface area contributed by atoms with Crippen LogP contribution in [0.25, 0.3) is 0 Å². The van der Waals surface area contributed by atoms with Gasteiger partial charge in [-0.3, -0.25) is 9.59 Å². The van der Waals surface area contributed by atoms with E-state index in [9.17, 15) is 14.7 Å². The number of aliphatic hydroxyl groups is 1. The van der Waals surface area contributed by atoms with Crippen LogP contribution in [0.3, 0.4) is 0 Å². The molecule has 54 heavy (non-hydrogen) atoms. The van der Waals surface area contributed by atoms with Gasteiger partial charge in [-0.2, -0.15) is 0 Å². The number of ether oxygens (including phenoxy) is 2. The van der Waals surface area contributed by atoms with Crippen molar-refractivity contribution < 1.29 is 24.2 Å². The van der Waals surface area contributed by atoms with E-state index in [1.807, 2.05) is 0 Å². The number of carbonyl (C=O) groups is 2. The zero-order valence-electron chi connectivity index (χ0n) is 36.6. The highest BCUT2D eigenvalue weighted by Crippen LogP contribution is 2.53. The van der Waals surface area contributed by atoms with Crippen molar-refractivity contribution in [2.75, 3.05) is 32.8 Å². The van der Waals surface area contributed by atoms with E-state index in [4.69, 9.17) is 9.47 Å². The predicted octanol–water partition coefficient (Wildman–Crippen LogP) is 13.8. The summed E-state index contributed by atoms with van der Waals surface area (Å²) in [5.74, 6) is 0.0241. The molecular formula is C48H93NO5. The van der Waals surface area contributed by atoms with Crippen LogP contribution in [-0.4, -0.2) is 60.9 Å². The van der Waals surface area contributed by atoms with Gasteiger partial charge in [0.25, 0.3) is 0 Å². The molecule has 0 aromatic rings. The summed E-state index contributed by atoms with van der Waals surface area (Å²) < 4.78 is 11.6. The molecule has 0 aliphatic heterocycles. The first-order valence-electron chi connectivity index (χ1n) is 24.2. The molecule has 6 nitrogen and oxygen atoms in total. The average Bonchev–Trinajstić information content (AvgIpc) is 3.95. The van der Waals surface area contributed by atoms with Gasteiger partial charge in [0, 0.05) is 19.4 Å². The Morgan fingerprint density at radius 3 is 1.54 bits per heavy atom. The van der Waals surface area contributed by atoms with Crippen molar-refractivity contribution in [1.29, 1.82) is 0 Å². The highest BCUT2D eigenvalue weighted by molar-refractivity contribution is 5.69. The largest absolute Gasteiger partial charge is 0.466 e. The smallest absolute Gasteiger partial charge is 0.306 e. The Kier molecular flexibility index (Phi) is 35.3. The highest BCUT2D eigenvalue weighted by atomic mass is 16.5. The van der Waals surface area contributed by atoms with Gasteiger partial charge < -0.3 is 19.5 Å². The fourth-order valence-corrected chi connectivity index (χ4v) is 8.01. The van der Waals surface area contributed by atoms with E-state index in [1.165, 1.54) is 154 Å². The molecule has 1 aliphatic rings. The summed E-state index contributed by atoms with van der Waals surface area (Å²) in [7, 11) is 0. The lowest BCUT2D eigenvalue weighted by Crippen LogP contribution is -2.29. The van der Waals surface area contributed by atoms with Crippen molar-refractivity contribution in [3.05, 3.63) is 0 Å². The number of hydrogen-bond acceptors (Lipinski definition) is 6. The Morgan fingerprint density at radius 1 is 0.519 bits per heavy atom. The number of unbranched alkanes of at least 4 members (excludes halogenated alkanes) is 22. The summed E-state index contributed by atoms with van der Waals surface area (Å²) in [5.41, 5.74) is 0.489. The van der Waals surface area contributed by atoms with E-state index in [0.29, 0.717) is 24.9 Å². The van der Waals surface area contributed by atoms with Crippen LogP contribution in [0.5, 0.6) is 0 Å². The second-order valence-corrected chi connectivity index (χ2v) is 17.3. The molecule has 0 spiro atoms. The summed E-state index contributed by atoms with van der Waals surface area (Å²) in [5, 5.41) is 9.36. The lowest BCUT2D eigenvalue weighted by atomic mass is 9.94. The Hall–Kier alpha value is -1.14. The van der Waals surface area contributed by atoms with Gasteiger partial charge in [0.15, 0.2) is 0 Å². The molecule has 0 saturated heterocycles. The first-order valence-corrected chi connectivity index (χ1v) is 24.2. The molecule has 0 unspecified atom stereocenters. The Morgan fingerprint density at radius 2 is 0.981 bits per heavy atom. The molecule has 0 heterocycles. The van der Waals surface area contributed by atoms with Gasteiger partial charge in [0.1, 0.15) is 6.10 Å². The van der Waals surface area contributed by atoms with Gasteiger partial charge in [-0.25, -0.2) is 0 Å².